The molecule has 0 radical (unpaired) electrons. The van der Waals surface area contributed by atoms with Gasteiger partial charge in [0.25, 0.3) is 0 Å². The first-order valence-electron chi connectivity index (χ1n) is 10.2. The van der Waals surface area contributed by atoms with Crippen molar-refractivity contribution in [3.05, 3.63) is 38.9 Å². The van der Waals surface area contributed by atoms with Gasteiger partial charge in [0.1, 0.15) is 11.6 Å². The molecule has 2 aromatic rings. The summed E-state index contributed by atoms with van der Waals surface area (Å²) in [5, 5.41) is 9.61. The van der Waals surface area contributed by atoms with Gasteiger partial charge in [0.2, 0.25) is 0 Å². The van der Waals surface area contributed by atoms with E-state index in [0.29, 0.717) is 29.6 Å². The van der Waals surface area contributed by atoms with Crippen LogP contribution in [0.15, 0.2) is 6.07 Å². The number of carbonyl (C=O) groups excluding carboxylic acids is 1. The van der Waals surface area contributed by atoms with Crippen LogP contribution in [-0.4, -0.2) is 34.0 Å². The molecule has 1 atom stereocenters. The summed E-state index contributed by atoms with van der Waals surface area (Å²) < 4.78 is 7.49. The van der Waals surface area contributed by atoms with E-state index < -0.39 is 0 Å². The lowest BCUT2D eigenvalue weighted by Gasteiger charge is -2.30. The van der Waals surface area contributed by atoms with Crippen molar-refractivity contribution in [3.63, 3.8) is 0 Å². The second kappa shape index (κ2) is 8.92. The molecule has 6 nitrogen and oxygen atoms in total. The normalized spacial score (nSPS) is 15.7. The Kier molecular flexibility index (Phi) is 6.74. The van der Waals surface area contributed by atoms with E-state index in [4.69, 9.17) is 27.9 Å². The quantitative estimate of drug-likeness (QED) is 0.589. The number of aryl methyl sites for hydroxylation is 1. The molecule has 2 heterocycles. The Balaban J connectivity index is 2.17. The molecule has 0 N–H and O–H groups in total. The molecule has 1 aliphatic rings. The summed E-state index contributed by atoms with van der Waals surface area (Å²) in [5.74, 6) is 2.13. The van der Waals surface area contributed by atoms with E-state index in [1.165, 1.54) is 0 Å². The third kappa shape index (κ3) is 3.97. The van der Waals surface area contributed by atoms with E-state index >= 15 is 0 Å². The van der Waals surface area contributed by atoms with E-state index in [1.807, 2.05) is 13.0 Å². The number of amides is 1. The van der Waals surface area contributed by atoms with Gasteiger partial charge < -0.3 is 9.30 Å². The van der Waals surface area contributed by atoms with E-state index in [0.717, 1.165) is 41.4 Å². The van der Waals surface area contributed by atoms with Crippen LogP contribution >= 0.6 is 23.2 Å². The van der Waals surface area contributed by atoms with Crippen LogP contribution in [0.3, 0.4) is 0 Å². The molecule has 1 unspecified atom stereocenters. The molecule has 1 aromatic carbocycles. The monoisotopic (exact) mass is 438 g/mol. The molecule has 8 heteroatoms. The molecular weight excluding hydrogens is 411 g/mol. The van der Waals surface area contributed by atoms with Crippen LogP contribution in [0.4, 0.5) is 10.5 Å². The summed E-state index contributed by atoms with van der Waals surface area (Å²) in [7, 11) is 0. The lowest BCUT2D eigenvalue weighted by atomic mass is 9.89. The van der Waals surface area contributed by atoms with Crippen LogP contribution in [-0.2, 0) is 24.1 Å². The van der Waals surface area contributed by atoms with E-state index in [1.54, 1.807) is 11.8 Å². The van der Waals surface area contributed by atoms with Crippen molar-refractivity contribution in [1.82, 2.24) is 14.8 Å². The maximum absolute atomic E-state index is 12.8. The number of anilines is 1. The average Bonchev–Trinajstić information content (AvgIpc) is 3.25. The highest BCUT2D eigenvalue weighted by Gasteiger charge is 2.35. The third-order valence-corrected chi connectivity index (χ3v) is 6.22. The zero-order chi connectivity index (χ0) is 21.3. The first kappa shape index (κ1) is 21.9. The fraction of sp³-hybridized carbons (Fsp3) is 0.571. The minimum Gasteiger partial charge on any atom is -0.449 e. The first-order chi connectivity index (χ1) is 13.8. The largest absolute Gasteiger partial charge is 0.449 e. The topological polar surface area (TPSA) is 60.2 Å². The fourth-order valence-corrected chi connectivity index (χ4v) is 4.56. The second-order valence-corrected chi connectivity index (χ2v) is 8.30. The number of fused-ring (bicyclic) bond motifs is 1. The number of aromatic nitrogens is 3. The van der Waals surface area contributed by atoms with Gasteiger partial charge in [0.15, 0.2) is 0 Å². The number of nitrogens with zero attached hydrogens (tertiary/aromatic N) is 4. The molecule has 29 heavy (non-hydrogen) atoms. The molecule has 0 spiro atoms. The van der Waals surface area contributed by atoms with Gasteiger partial charge in [-0.1, -0.05) is 44.0 Å². The minimum atomic E-state index is -0.372. The van der Waals surface area contributed by atoms with Gasteiger partial charge in [0.05, 0.1) is 22.3 Å². The van der Waals surface area contributed by atoms with Gasteiger partial charge in [-0.05, 0) is 31.4 Å². The Morgan fingerprint density at radius 3 is 2.62 bits per heavy atom. The minimum absolute atomic E-state index is 0.0629. The Morgan fingerprint density at radius 2 is 2.03 bits per heavy atom. The summed E-state index contributed by atoms with van der Waals surface area (Å²) >= 11 is 13.3. The van der Waals surface area contributed by atoms with Crippen molar-refractivity contribution < 1.29 is 9.53 Å². The van der Waals surface area contributed by atoms with Crippen molar-refractivity contribution in [2.24, 2.45) is 0 Å². The molecule has 1 amide bonds. The predicted octanol–water partition coefficient (Wildman–Crippen LogP) is 5.59. The predicted molar refractivity (Wildman–Crippen MR) is 116 cm³/mol. The number of halogens is 2. The molecule has 0 aliphatic carbocycles. The molecule has 158 valence electrons. The van der Waals surface area contributed by atoms with Crippen LogP contribution in [0.5, 0.6) is 0 Å². The summed E-state index contributed by atoms with van der Waals surface area (Å²) in [4.78, 5) is 14.5. The maximum Gasteiger partial charge on any atom is 0.414 e. The highest BCUT2D eigenvalue weighted by atomic mass is 35.5. The van der Waals surface area contributed by atoms with Crippen molar-refractivity contribution in [2.45, 2.75) is 65.8 Å². The average molecular weight is 439 g/mol. The van der Waals surface area contributed by atoms with Crippen molar-refractivity contribution in [3.8, 4) is 0 Å². The van der Waals surface area contributed by atoms with Crippen LogP contribution in [0.1, 0.15) is 69.2 Å². The fourth-order valence-electron chi connectivity index (χ4n) is 4.04. The smallest absolute Gasteiger partial charge is 0.414 e. The third-order valence-electron chi connectivity index (χ3n) is 5.41. The zero-order valence-electron chi connectivity index (χ0n) is 17.6. The van der Waals surface area contributed by atoms with Gasteiger partial charge in [-0.15, -0.1) is 10.2 Å². The summed E-state index contributed by atoms with van der Waals surface area (Å²) in [6, 6.07) is 1.88. The highest BCUT2D eigenvalue weighted by molar-refractivity contribution is 6.43. The number of rotatable bonds is 6. The first-order valence-corrected chi connectivity index (χ1v) is 11.0. The Hall–Kier alpha value is -1.79. The Bertz CT molecular complexity index is 911. The Morgan fingerprint density at radius 1 is 1.31 bits per heavy atom. The molecule has 0 fully saturated rings. The lowest BCUT2D eigenvalue weighted by Crippen LogP contribution is -2.33. The second-order valence-electron chi connectivity index (χ2n) is 7.52. The highest BCUT2D eigenvalue weighted by Crippen LogP contribution is 2.46. The summed E-state index contributed by atoms with van der Waals surface area (Å²) in [6.45, 7) is 11.5. The molecular formula is C21H28Cl2N4O2. The van der Waals surface area contributed by atoms with Crippen molar-refractivity contribution in [2.75, 3.05) is 18.1 Å². The molecule has 0 saturated carbocycles. The lowest BCUT2D eigenvalue weighted by molar-refractivity contribution is 0.160. The standard InChI is InChI=1S/C21H28Cl2N4O2/c1-6-16-24-25-17-9-13(11-27(16)17)18-19(23)15(22)10-14(12(4)5)20(18)26(7-2)21(28)29-8-3/h10,12-13H,6-9,11H2,1-5H3. The Labute approximate surface area is 182 Å². The van der Waals surface area contributed by atoms with Gasteiger partial charge in [0, 0.05) is 37.4 Å². The van der Waals surface area contributed by atoms with Gasteiger partial charge in [-0.3, -0.25) is 4.90 Å². The van der Waals surface area contributed by atoms with Crippen molar-refractivity contribution >= 4 is 35.0 Å². The summed E-state index contributed by atoms with van der Waals surface area (Å²) in [6.07, 6.45) is 1.15. The zero-order valence-corrected chi connectivity index (χ0v) is 19.1. The van der Waals surface area contributed by atoms with Crippen molar-refractivity contribution in [1.29, 1.82) is 0 Å². The molecule has 3 rings (SSSR count). The van der Waals surface area contributed by atoms with Crippen LogP contribution in [0, 0.1) is 0 Å². The van der Waals surface area contributed by atoms with Gasteiger partial charge in [-0.2, -0.15) is 0 Å². The van der Waals surface area contributed by atoms with Crippen LogP contribution in [0.25, 0.3) is 0 Å². The van der Waals surface area contributed by atoms with E-state index in [2.05, 4.69) is 35.5 Å². The van der Waals surface area contributed by atoms with Crippen LogP contribution in [0.2, 0.25) is 10.0 Å². The number of carbonyl (C=O) groups is 1. The SMILES string of the molecule is CCOC(=O)N(CC)c1c(C(C)C)cc(Cl)c(Cl)c1C1Cc2nnc(CC)n2C1. The van der Waals surface area contributed by atoms with Gasteiger partial charge in [-0.25, -0.2) is 4.79 Å². The molecule has 1 aromatic heterocycles. The number of ether oxygens (including phenoxy) is 1. The molecule has 1 aliphatic heterocycles. The van der Waals surface area contributed by atoms with E-state index in [9.17, 15) is 4.79 Å². The summed E-state index contributed by atoms with van der Waals surface area (Å²) in [5.41, 5.74) is 2.70. The van der Waals surface area contributed by atoms with Gasteiger partial charge >= 0.3 is 6.09 Å². The molecule has 0 bridgehead atoms. The number of hydrogen-bond acceptors (Lipinski definition) is 4. The van der Waals surface area contributed by atoms with E-state index in [-0.39, 0.29) is 17.9 Å². The number of benzene rings is 1. The maximum atomic E-state index is 12.8. The molecule has 0 saturated heterocycles. The number of hydrogen-bond donors (Lipinski definition) is 0. The van der Waals surface area contributed by atoms with Crippen LogP contribution < -0.4 is 4.90 Å².